The van der Waals surface area contributed by atoms with Crippen molar-refractivity contribution in [3.05, 3.63) is 43.4 Å². The van der Waals surface area contributed by atoms with E-state index in [0.29, 0.717) is 0 Å². The van der Waals surface area contributed by atoms with Gasteiger partial charge < -0.3 is 9.73 Å². The van der Waals surface area contributed by atoms with E-state index in [2.05, 4.69) is 39.6 Å². The molecule has 0 aliphatic carbocycles. The zero-order valence-electron chi connectivity index (χ0n) is 10.4. The molecule has 0 saturated heterocycles. The van der Waals surface area contributed by atoms with E-state index in [4.69, 9.17) is 4.42 Å². The van der Waals surface area contributed by atoms with Gasteiger partial charge in [-0.05, 0) is 60.8 Å². The number of hydrogen-bond donors (Lipinski definition) is 1. The van der Waals surface area contributed by atoms with Gasteiger partial charge in [-0.3, -0.25) is 0 Å². The molecule has 1 unspecified atom stereocenters. The minimum atomic E-state index is 0.196. The van der Waals surface area contributed by atoms with Crippen LogP contribution in [0.15, 0.2) is 20.3 Å². The minimum absolute atomic E-state index is 0.196. The van der Waals surface area contributed by atoms with Crippen LogP contribution >= 0.6 is 27.3 Å². The lowest BCUT2D eigenvalue weighted by atomic mass is 10.0. The van der Waals surface area contributed by atoms with E-state index in [1.165, 1.54) is 16.0 Å². The molecule has 1 N–H and O–H groups in total. The summed E-state index contributed by atoms with van der Waals surface area (Å²) < 4.78 is 6.87. The van der Waals surface area contributed by atoms with Crippen LogP contribution < -0.4 is 5.32 Å². The second-order valence-electron chi connectivity index (χ2n) is 4.11. The van der Waals surface area contributed by atoms with Crippen LogP contribution in [0.4, 0.5) is 0 Å². The van der Waals surface area contributed by atoms with Crippen LogP contribution in [0.3, 0.4) is 0 Å². The molecular formula is C13H16BrNOS. The van der Waals surface area contributed by atoms with E-state index in [9.17, 15) is 0 Å². The summed E-state index contributed by atoms with van der Waals surface area (Å²) >= 11 is 5.35. The third-order valence-corrected chi connectivity index (χ3v) is 5.04. The van der Waals surface area contributed by atoms with Crippen LogP contribution in [-0.2, 0) is 0 Å². The standard InChI is InChI=1S/C13H16BrNOS/c1-7-8(2)16-9(3)11(7)12(15-4)13-10(14)5-6-17-13/h5-6,12,15H,1-4H3. The molecule has 2 heterocycles. The van der Waals surface area contributed by atoms with Gasteiger partial charge in [0.25, 0.3) is 0 Å². The van der Waals surface area contributed by atoms with Gasteiger partial charge in [-0.25, -0.2) is 0 Å². The fraction of sp³-hybridized carbons (Fsp3) is 0.385. The van der Waals surface area contributed by atoms with Gasteiger partial charge in [0, 0.05) is 14.9 Å². The quantitative estimate of drug-likeness (QED) is 0.912. The normalized spacial score (nSPS) is 13.0. The molecule has 2 rings (SSSR count). The van der Waals surface area contributed by atoms with Crippen molar-refractivity contribution in [2.24, 2.45) is 0 Å². The van der Waals surface area contributed by atoms with Crippen molar-refractivity contribution in [1.82, 2.24) is 5.32 Å². The maximum absolute atomic E-state index is 5.72. The summed E-state index contributed by atoms with van der Waals surface area (Å²) in [5, 5.41) is 5.48. The van der Waals surface area contributed by atoms with E-state index < -0.39 is 0 Å². The average Bonchev–Trinajstić information content (AvgIpc) is 2.79. The van der Waals surface area contributed by atoms with Gasteiger partial charge in [0.05, 0.1) is 6.04 Å². The molecule has 0 aliphatic heterocycles. The number of aryl methyl sites for hydroxylation is 2. The largest absolute Gasteiger partial charge is 0.466 e. The number of nitrogens with one attached hydrogen (secondary N) is 1. The van der Waals surface area contributed by atoms with Gasteiger partial charge in [-0.15, -0.1) is 11.3 Å². The van der Waals surface area contributed by atoms with E-state index in [1.807, 2.05) is 20.9 Å². The molecular weight excluding hydrogens is 298 g/mol. The SMILES string of the molecule is CNC(c1sccc1Br)c1c(C)oc(C)c1C. The number of thiophene rings is 1. The Kier molecular flexibility index (Phi) is 3.76. The maximum Gasteiger partial charge on any atom is 0.106 e. The van der Waals surface area contributed by atoms with Crippen LogP contribution in [-0.4, -0.2) is 7.05 Å². The fourth-order valence-electron chi connectivity index (χ4n) is 2.15. The van der Waals surface area contributed by atoms with E-state index >= 15 is 0 Å². The summed E-state index contributed by atoms with van der Waals surface area (Å²) in [6.45, 7) is 6.16. The number of rotatable bonds is 3. The molecule has 0 aromatic carbocycles. The first kappa shape index (κ1) is 12.9. The molecule has 2 nitrogen and oxygen atoms in total. The Morgan fingerprint density at radius 1 is 1.29 bits per heavy atom. The summed E-state index contributed by atoms with van der Waals surface area (Å²) in [5.41, 5.74) is 2.50. The molecule has 0 saturated carbocycles. The first-order valence-corrected chi connectivity index (χ1v) is 7.20. The molecule has 1 atom stereocenters. The highest BCUT2D eigenvalue weighted by atomic mass is 79.9. The van der Waals surface area contributed by atoms with Crippen LogP contribution in [0.5, 0.6) is 0 Å². The lowest BCUT2D eigenvalue weighted by Gasteiger charge is -2.16. The number of hydrogen-bond acceptors (Lipinski definition) is 3. The number of furan rings is 1. The Morgan fingerprint density at radius 2 is 2.00 bits per heavy atom. The zero-order chi connectivity index (χ0) is 12.6. The average molecular weight is 314 g/mol. The second-order valence-corrected chi connectivity index (χ2v) is 5.91. The highest BCUT2D eigenvalue weighted by Gasteiger charge is 2.23. The Labute approximate surface area is 114 Å². The fourth-order valence-corrected chi connectivity index (χ4v) is 3.87. The first-order chi connectivity index (χ1) is 8.06. The summed E-state index contributed by atoms with van der Waals surface area (Å²) in [5.74, 6) is 2.00. The third kappa shape index (κ3) is 2.21. The predicted molar refractivity (Wildman–Crippen MR) is 75.8 cm³/mol. The van der Waals surface area contributed by atoms with Gasteiger partial charge in [0.1, 0.15) is 11.5 Å². The Hall–Kier alpha value is -0.580. The summed E-state index contributed by atoms with van der Waals surface area (Å²) in [6, 6.07) is 2.28. The van der Waals surface area contributed by atoms with E-state index in [0.717, 1.165) is 16.0 Å². The molecule has 2 aromatic heterocycles. The molecule has 0 bridgehead atoms. The minimum Gasteiger partial charge on any atom is -0.466 e. The van der Waals surface area contributed by atoms with Gasteiger partial charge in [0.2, 0.25) is 0 Å². The molecule has 2 aromatic rings. The first-order valence-electron chi connectivity index (χ1n) is 5.53. The molecule has 0 fully saturated rings. The molecule has 0 aliphatic rings. The molecule has 92 valence electrons. The van der Waals surface area contributed by atoms with Crippen molar-refractivity contribution in [1.29, 1.82) is 0 Å². The highest BCUT2D eigenvalue weighted by Crippen LogP contribution is 2.37. The topological polar surface area (TPSA) is 25.2 Å². The lowest BCUT2D eigenvalue weighted by molar-refractivity contribution is 0.496. The van der Waals surface area contributed by atoms with Crippen molar-refractivity contribution in [2.45, 2.75) is 26.8 Å². The van der Waals surface area contributed by atoms with Crippen LogP contribution in [0, 0.1) is 20.8 Å². The van der Waals surface area contributed by atoms with Gasteiger partial charge in [-0.2, -0.15) is 0 Å². The van der Waals surface area contributed by atoms with Gasteiger partial charge >= 0.3 is 0 Å². The predicted octanol–water partition coefficient (Wildman–Crippen LogP) is 4.34. The Bertz CT molecular complexity index is 530. The Balaban J connectivity index is 2.53. The van der Waals surface area contributed by atoms with Crippen molar-refractivity contribution >= 4 is 27.3 Å². The van der Waals surface area contributed by atoms with Crippen LogP contribution in [0.1, 0.15) is 33.6 Å². The van der Waals surface area contributed by atoms with Crippen molar-refractivity contribution < 1.29 is 4.42 Å². The van der Waals surface area contributed by atoms with Crippen LogP contribution in [0.25, 0.3) is 0 Å². The molecule has 4 heteroatoms. The summed E-state index contributed by atoms with van der Waals surface area (Å²) in [7, 11) is 1.98. The molecule has 0 amide bonds. The zero-order valence-corrected chi connectivity index (χ0v) is 12.8. The lowest BCUT2D eigenvalue weighted by Crippen LogP contribution is -2.18. The second kappa shape index (κ2) is 4.96. The maximum atomic E-state index is 5.72. The van der Waals surface area contributed by atoms with E-state index in [-0.39, 0.29) is 6.04 Å². The smallest absolute Gasteiger partial charge is 0.106 e. The van der Waals surface area contributed by atoms with Gasteiger partial charge in [-0.1, -0.05) is 0 Å². The molecule has 0 spiro atoms. The van der Waals surface area contributed by atoms with Crippen molar-refractivity contribution in [3.8, 4) is 0 Å². The molecule has 0 radical (unpaired) electrons. The third-order valence-electron chi connectivity index (χ3n) is 3.10. The Morgan fingerprint density at radius 3 is 2.41 bits per heavy atom. The van der Waals surface area contributed by atoms with Crippen molar-refractivity contribution in [3.63, 3.8) is 0 Å². The highest BCUT2D eigenvalue weighted by molar-refractivity contribution is 9.10. The van der Waals surface area contributed by atoms with Crippen molar-refractivity contribution in [2.75, 3.05) is 7.05 Å². The number of halogens is 1. The molecule has 17 heavy (non-hydrogen) atoms. The summed E-state index contributed by atoms with van der Waals surface area (Å²) in [6.07, 6.45) is 0. The van der Waals surface area contributed by atoms with E-state index in [1.54, 1.807) is 11.3 Å². The van der Waals surface area contributed by atoms with Crippen LogP contribution in [0.2, 0.25) is 0 Å². The monoisotopic (exact) mass is 313 g/mol. The van der Waals surface area contributed by atoms with Gasteiger partial charge in [0.15, 0.2) is 0 Å². The summed E-state index contributed by atoms with van der Waals surface area (Å²) in [4.78, 5) is 1.29.